The van der Waals surface area contributed by atoms with Crippen LogP contribution in [0.1, 0.15) is 35.3 Å². The number of carboxylic acid groups (broad SMARTS) is 1. The first-order valence-electron chi connectivity index (χ1n) is 9.27. The molecule has 4 rings (SSSR count). The third-order valence-electron chi connectivity index (χ3n) is 5.10. The molecule has 0 amide bonds. The van der Waals surface area contributed by atoms with Crippen molar-refractivity contribution in [3.05, 3.63) is 77.4 Å². The van der Waals surface area contributed by atoms with Crippen molar-refractivity contribution >= 4 is 16.7 Å². The molecule has 5 heteroatoms. The Kier molecular flexibility index (Phi) is 5.28. The summed E-state index contributed by atoms with van der Waals surface area (Å²) in [6.45, 7) is 1.03. The van der Waals surface area contributed by atoms with Gasteiger partial charge in [0.15, 0.2) is 6.29 Å². The molecule has 5 nitrogen and oxygen atoms in total. The topological polar surface area (TPSA) is 65.0 Å². The summed E-state index contributed by atoms with van der Waals surface area (Å²) in [5, 5.41) is 11.8. The lowest BCUT2D eigenvalue weighted by molar-refractivity contribution is -0.137. The number of hydrogen-bond donors (Lipinski definition) is 1. The molecule has 1 aliphatic rings. The van der Waals surface area contributed by atoms with Gasteiger partial charge in [-0.05, 0) is 34.0 Å². The molecule has 0 saturated carbocycles. The maximum Gasteiger partial charge on any atom is 0.304 e. The SMILES string of the molecule is COc1ccc(C(CC(=O)O)c2ccc3ccccc3c2)c(C2OCCO2)c1. The van der Waals surface area contributed by atoms with Gasteiger partial charge in [0.2, 0.25) is 0 Å². The van der Waals surface area contributed by atoms with Crippen LogP contribution in [-0.2, 0) is 14.3 Å². The number of hydrogen-bond acceptors (Lipinski definition) is 4. The monoisotopic (exact) mass is 378 g/mol. The molecule has 1 saturated heterocycles. The molecule has 0 aliphatic carbocycles. The quantitative estimate of drug-likeness (QED) is 0.684. The Morgan fingerprint density at radius 3 is 2.54 bits per heavy atom. The molecule has 144 valence electrons. The van der Waals surface area contributed by atoms with E-state index in [2.05, 4.69) is 6.07 Å². The molecule has 1 heterocycles. The van der Waals surface area contributed by atoms with E-state index in [4.69, 9.17) is 14.2 Å². The smallest absolute Gasteiger partial charge is 0.304 e. The molecule has 3 aromatic rings. The summed E-state index contributed by atoms with van der Waals surface area (Å²) in [5.74, 6) is -0.491. The molecule has 1 unspecified atom stereocenters. The van der Waals surface area contributed by atoms with Gasteiger partial charge in [-0.15, -0.1) is 0 Å². The minimum atomic E-state index is -0.854. The third-order valence-corrected chi connectivity index (χ3v) is 5.10. The highest BCUT2D eigenvalue weighted by Crippen LogP contribution is 2.38. The first kappa shape index (κ1) is 18.5. The molecule has 0 spiro atoms. The van der Waals surface area contributed by atoms with Gasteiger partial charge in [0, 0.05) is 11.5 Å². The number of fused-ring (bicyclic) bond motifs is 1. The largest absolute Gasteiger partial charge is 0.497 e. The summed E-state index contributed by atoms with van der Waals surface area (Å²) in [7, 11) is 1.60. The summed E-state index contributed by atoms with van der Waals surface area (Å²) < 4.78 is 16.8. The summed E-state index contributed by atoms with van der Waals surface area (Å²) in [6, 6.07) is 19.8. The number of carboxylic acids is 1. The van der Waals surface area contributed by atoms with Gasteiger partial charge in [0.1, 0.15) is 5.75 Å². The number of benzene rings is 3. The standard InChI is InChI=1S/C23H22O5/c1-26-18-8-9-19(21(13-18)23-27-10-11-28-23)20(14-22(24)25)17-7-6-15-4-2-3-5-16(15)12-17/h2-9,12-13,20,23H,10-11,14H2,1H3,(H,24,25). The Balaban J connectivity index is 1.83. The Labute approximate surface area is 163 Å². The molecule has 0 bridgehead atoms. The number of ether oxygens (including phenoxy) is 3. The van der Waals surface area contributed by atoms with E-state index in [1.165, 1.54) is 0 Å². The second-order valence-corrected chi connectivity index (χ2v) is 6.83. The van der Waals surface area contributed by atoms with E-state index in [-0.39, 0.29) is 12.3 Å². The number of methoxy groups -OCH3 is 1. The van der Waals surface area contributed by atoms with Crippen molar-refractivity contribution in [1.82, 2.24) is 0 Å². The van der Waals surface area contributed by atoms with E-state index >= 15 is 0 Å². The average Bonchev–Trinajstić information content (AvgIpc) is 3.26. The predicted octanol–water partition coefficient (Wildman–Crippen LogP) is 4.50. The highest BCUT2D eigenvalue weighted by Gasteiger charge is 2.28. The van der Waals surface area contributed by atoms with Crippen molar-refractivity contribution in [2.45, 2.75) is 18.6 Å². The predicted molar refractivity (Wildman–Crippen MR) is 106 cm³/mol. The van der Waals surface area contributed by atoms with Crippen LogP contribution in [0.4, 0.5) is 0 Å². The Bertz CT molecular complexity index is 991. The molecule has 0 aromatic heterocycles. The first-order chi connectivity index (χ1) is 13.7. The summed E-state index contributed by atoms with van der Waals surface area (Å²) in [4.78, 5) is 11.7. The van der Waals surface area contributed by atoms with Gasteiger partial charge in [-0.1, -0.05) is 48.5 Å². The normalized spacial score (nSPS) is 15.6. The van der Waals surface area contributed by atoms with Crippen LogP contribution in [-0.4, -0.2) is 31.4 Å². The fraction of sp³-hybridized carbons (Fsp3) is 0.261. The zero-order valence-corrected chi connectivity index (χ0v) is 15.6. The second-order valence-electron chi connectivity index (χ2n) is 6.83. The van der Waals surface area contributed by atoms with Crippen LogP contribution >= 0.6 is 0 Å². The van der Waals surface area contributed by atoms with E-state index in [9.17, 15) is 9.90 Å². The minimum absolute atomic E-state index is 0.0234. The molecule has 28 heavy (non-hydrogen) atoms. The summed E-state index contributed by atoms with van der Waals surface area (Å²) >= 11 is 0. The molecular formula is C23H22O5. The molecule has 1 fully saturated rings. The van der Waals surface area contributed by atoms with Crippen LogP contribution in [0.3, 0.4) is 0 Å². The fourth-order valence-electron chi connectivity index (χ4n) is 3.75. The summed E-state index contributed by atoms with van der Waals surface area (Å²) in [6.07, 6.45) is -0.536. The van der Waals surface area contributed by atoms with Crippen molar-refractivity contribution < 1.29 is 24.1 Å². The maximum absolute atomic E-state index is 11.7. The van der Waals surface area contributed by atoms with Crippen molar-refractivity contribution in [2.75, 3.05) is 20.3 Å². The molecule has 1 atom stereocenters. The highest BCUT2D eigenvalue weighted by atomic mass is 16.7. The van der Waals surface area contributed by atoms with Crippen molar-refractivity contribution in [1.29, 1.82) is 0 Å². The lowest BCUT2D eigenvalue weighted by Crippen LogP contribution is -2.13. The number of aliphatic carboxylic acids is 1. The van der Waals surface area contributed by atoms with Crippen molar-refractivity contribution in [2.24, 2.45) is 0 Å². The Morgan fingerprint density at radius 1 is 1.07 bits per heavy atom. The molecule has 1 aliphatic heterocycles. The van der Waals surface area contributed by atoms with E-state index < -0.39 is 12.3 Å². The van der Waals surface area contributed by atoms with Gasteiger partial charge in [-0.25, -0.2) is 0 Å². The average molecular weight is 378 g/mol. The van der Waals surface area contributed by atoms with Gasteiger partial charge >= 0.3 is 5.97 Å². The maximum atomic E-state index is 11.7. The van der Waals surface area contributed by atoms with Gasteiger partial charge in [-0.3, -0.25) is 4.79 Å². The van der Waals surface area contributed by atoms with Crippen molar-refractivity contribution in [3.8, 4) is 5.75 Å². The van der Waals surface area contributed by atoms with Gasteiger partial charge in [-0.2, -0.15) is 0 Å². The summed E-state index contributed by atoms with van der Waals surface area (Å²) in [5.41, 5.74) is 2.65. The Morgan fingerprint density at radius 2 is 1.82 bits per heavy atom. The minimum Gasteiger partial charge on any atom is -0.497 e. The lowest BCUT2D eigenvalue weighted by Gasteiger charge is -2.23. The zero-order chi connectivity index (χ0) is 19.5. The second kappa shape index (κ2) is 8.00. The molecule has 0 radical (unpaired) electrons. The first-order valence-corrected chi connectivity index (χ1v) is 9.27. The fourth-order valence-corrected chi connectivity index (χ4v) is 3.75. The van der Waals surface area contributed by atoms with Gasteiger partial charge in [0.05, 0.1) is 26.7 Å². The molecular weight excluding hydrogens is 356 g/mol. The lowest BCUT2D eigenvalue weighted by atomic mass is 9.84. The van der Waals surface area contributed by atoms with E-state index in [0.717, 1.165) is 27.5 Å². The molecule has 1 N–H and O–H groups in total. The number of carbonyl (C=O) groups is 1. The van der Waals surface area contributed by atoms with Crippen LogP contribution < -0.4 is 4.74 Å². The zero-order valence-electron chi connectivity index (χ0n) is 15.6. The van der Waals surface area contributed by atoms with Crippen molar-refractivity contribution in [3.63, 3.8) is 0 Å². The van der Waals surface area contributed by atoms with E-state index in [0.29, 0.717) is 19.0 Å². The molecule has 3 aromatic carbocycles. The van der Waals surface area contributed by atoms with E-state index in [1.54, 1.807) is 7.11 Å². The van der Waals surface area contributed by atoms with Crippen LogP contribution in [0.25, 0.3) is 10.8 Å². The highest BCUT2D eigenvalue weighted by molar-refractivity contribution is 5.83. The van der Waals surface area contributed by atoms with Crippen LogP contribution in [0.5, 0.6) is 5.75 Å². The van der Waals surface area contributed by atoms with E-state index in [1.807, 2.05) is 54.6 Å². The number of rotatable bonds is 6. The van der Waals surface area contributed by atoms with Gasteiger partial charge < -0.3 is 19.3 Å². The van der Waals surface area contributed by atoms with Gasteiger partial charge in [0.25, 0.3) is 0 Å². The van der Waals surface area contributed by atoms with Crippen LogP contribution in [0, 0.1) is 0 Å². The Hall–Kier alpha value is -2.89. The third kappa shape index (κ3) is 3.72. The van der Waals surface area contributed by atoms with Crippen LogP contribution in [0.15, 0.2) is 60.7 Å². The van der Waals surface area contributed by atoms with Crippen LogP contribution in [0.2, 0.25) is 0 Å².